The molecule has 1 aliphatic rings. The van der Waals surface area contributed by atoms with Gasteiger partial charge in [0, 0.05) is 11.8 Å². The van der Waals surface area contributed by atoms with Crippen LogP contribution in [0.4, 0.5) is 0 Å². The molecular formula is C17H22N2O2. The van der Waals surface area contributed by atoms with Crippen LogP contribution >= 0.6 is 0 Å². The topological polar surface area (TPSA) is 48.0 Å². The lowest BCUT2D eigenvalue weighted by atomic mass is 10.0. The van der Waals surface area contributed by atoms with E-state index in [9.17, 15) is 4.79 Å². The summed E-state index contributed by atoms with van der Waals surface area (Å²) in [6.07, 6.45) is 7.33. The van der Waals surface area contributed by atoms with Crippen LogP contribution in [0.2, 0.25) is 0 Å². The van der Waals surface area contributed by atoms with Gasteiger partial charge in [-0.3, -0.25) is 9.48 Å². The highest BCUT2D eigenvalue weighted by Crippen LogP contribution is 2.29. The number of carbonyl (C=O) groups excluding carboxylic acids is 1. The average Bonchev–Trinajstić information content (AvgIpc) is 3.11. The van der Waals surface area contributed by atoms with E-state index in [2.05, 4.69) is 5.10 Å². The number of nitrogens with zero attached hydrogens (tertiary/aromatic N) is 2. The van der Waals surface area contributed by atoms with Gasteiger partial charge in [-0.2, -0.15) is 5.10 Å². The first-order chi connectivity index (χ1) is 10.1. The standard InChI is InChI=1S/C17H22N2O2/c1-11-12(2)21-13(3)17(11)16(20)10-14-8-9-19(18-14)15-6-4-5-7-15/h8-9,15H,4-7,10H2,1-3H3. The fraction of sp³-hybridized carbons (Fsp3) is 0.529. The van der Waals surface area contributed by atoms with Gasteiger partial charge in [0.15, 0.2) is 5.78 Å². The maximum atomic E-state index is 12.5. The maximum absolute atomic E-state index is 12.5. The molecule has 4 heteroatoms. The van der Waals surface area contributed by atoms with Gasteiger partial charge in [0.05, 0.1) is 23.7 Å². The molecule has 0 atom stereocenters. The van der Waals surface area contributed by atoms with Crippen molar-refractivity contribution in [3.63, 3.8) is 0 Å². The molecule has 0 saturated heterocycles. The number of rotatable bonds is 4. The second-order valence-corrected chi connectivity index (χ2v) is 6.04. The van der Waals surface area contributed by atoms with E-state index in [0.717, 1.165) is 22.6 Å². The molecule has 0 N–H and O–H groups in total. The van der Waals surface area contributed by atoms with E-state index < -0.39 is 0 Å². The summed E-state index contributed by atoms with van der Waals surface area (Å²) in [5, 5.41) is 4.59. The Bertz CT molecular complexity index is 660. The zero-order valence-electron chi connectivity index (χ0n) is 13.0. The van der Waals surface area contributed by atoms with Gasteiger partial charge in [-0.25, -0.2) is 0 Å². The lowest BCUT2D eigenvalue weighted by Crippen LogP contribution is -2.09. The van der Waals surface area contributed by atoms with Gasteiger partial charge < -0.3 is 4.42 Å². The Labute approximate surface area is 125 Å². The molecule has 2 aromatic rings. The predicted octanol–water partition coefficient (Wildman–Crippen LogP) is 3.94. The number of hydrogen-bond acceptors (Lipinski definition) is 3. The monoisotopic (exact) mass is 286 g/mol. The lowest BCUT2D eigenvalue weighted by molar-refractivity contribution is 0.0989. The van der Waals surface area contributed by atoms with Crippen LogP contribution in [-0.2, 0) is 6.42 Å². The zero-order chi connectivity index (χ0) is 15.0. The number of ketones is 1. The molecule has 3 rings (SSSR count). The first-order valence-corrected chi connectivity index (χ1v) is 7.70. The smallest absolute Gasteiger partial charge is 0.172 e. The van der Waals surface area contributed by atoms with Crippen LogP contribution in [0.15, 0.2) is 16.7 Å². The van der Waals surface area contributed by atoms with Gasteiger partial charge in [0.25, 0.3) is 0 Å². The van der Waals surface area contributed by atoms with Gasteiger partial charge >= 0.3 is 0 Å². The summed E-state index contributed by atoms with van der Waals surface area (Å²) < 4.78 is 7.58. The zero-order valence-corrected chi connectivity index (χ0v) is 13.0. The lowest BCUT2D eigenvalue weighted by Gasteiger charge is -2.08. The number of hydrogen-bond donors (Lipinski definition) is 0. The van der Waals surface area contributed by atoms with E-state index in [-0.39, 0.29) is 5.78 Å². The van der Waals surface area contributed by atoms with Crippen molar-refractivity contribution < 1.29 is 9.21 Å². The van der Waals surface area contributed by atoms with Crippen LogP contribution in [0.3, 0.4) is 0 Å². The van der Waals surface area contributed by atoms with Gasteiger partial charge in [-0.1, -0.05) is 12.8 Å². The Morgan fingerprint density at radius 2 is 2.00 bits per heavy atom. The minimum Gasteiger partial charge on any atom is -0.466 e. The van der Waals surface area contributed by atoms with Crippen LogP contribution in [0.5, 0.6) is 0 Å². The first kappa shape index (κ1) is 14.1. The second-order valence-electron chi connectivity index (χ2n) is 6.04. The molecule has 4 nitrogen and oxygen atoms in total. The summed E-state index contributed by atoms with van der Waals surface area (Å²) >= 11 is 0. The molecule has 2 heterocycles. The van der Waals surface area contributed by atoms with Gasteiger partial charge in [0.1, 0.15) is 11.5 Å². The predicted molar refractivity (Wildman–Crippen MR) is 80.7 cm³/mol. The van der Waals surface area contributed by atoms with Crippen molar-refractivity contribution in [2.75, 3.05) is 0 Å². The highest BCUT2D eigenvalue weighted by molar-refractivity contribution is 5.99. The molecule has 1 aliphatic carbocycles. The fourth-order valence-corrected chi connectivity index (χ4v) is 3.30. The van der Waals surface area contributed by atoms with Crippen molar-refractivity contribution in [3.05, 3.63) is 40.6 Å². The van der Waals surface area contributed by atoms with E-state index in [0.29, 0.717) is 18.2 Å². The molecule has 0 bridgehead atoms. The Hall–Kier alpha value is -1.84. The van der Waals surface area contributed by atoms with Crippen LogP contribution < -0.4 is 0 Å². The number of aryl methyl sites for hydroxylation is 2. The minimum absolute atomic E-state index is 0.0959. The number of Topliss-reactive ketones (excluding diaryl/α,β-unsaturated/α-hetero) is 1. The molecule has 0 amide bonds. The van der Waals surface area contributed by atoms with Crippen molar-refractivity contribution in [1.29, 1.82) is 0 Å². The van der Waals surface area contributed by atoms with Crippen molar-refractivity contribution in [3.8, 4) is 0 Å². The molecule has 1 fully saturated rings. The number of furan rings is 1. The molecule has 0 aliphatic heterocycles. The minimum atomic E-state index is 0.0959. The van der Waals surface area contributed by atoms with Gasteiger partial charge in [-0.05, 0) is 39.7 Å². The maximum Gasteiger partial charge on any atom is 0.172 e. The van der Waals surface area contributed by atoms with Gasteiger partial charge in [-0.15, -0.1) is 0 Å². The SMILES string of the molecule is Cc1oc(C)c(C(=O)Cc2ccn(C3CCCC3)n2)c1C. The summed E-state index contributed by atoms with van der Waals surface area (Å²) in [5.41, 5.74) is 2.53. The first-order valence-electron chi connectivity index (χ1n) is 7.70. The van der Waals surface area contributed by atoms with Crippen LogP contribution in [0.1, 0.15) is 64.9 Å². The third-order valence-electron chi connectivity index (χ3n) is 4.54. The van der Waals surface area contributed by atoms with Crippen molar-refractivity contribution in [2.24, 2.45) is 0 Å². The second kappa shape index (κ2) is 5.51. The molecular weight excluding hydrogens is 264 g/mol. The van der Waals surface area contributed by atoms with Crippen molar-refractivity contribution in [1.82, 2.24) is 9.78 Å². The van der Waals surface area contributed by atoms with E-state index in [4.69, 9.17) is 4.42 Å². The highest BCUT2D eigenvalue weighted by Gasteiger charge is 2.21. The summed E-state index contributed by atoms with van der Waals surface area (Å²) in [6.45, 7) is 5.69. The summed E-state index contributed by atoms with van der Waals surface area (Å²) in [5.74, 6) is 1.64. The third kappa shape index (κ3) is 2.67. The summed E-state index contributed by atoms with van der Waals surface area (Å²) in [7, 11) is 0. The van der Waals surface area contributed by atoms with E-state index in [1.54, 1.807) is 0 Å². The van der Waals surface area contributed by atoms with Crippen LogP contribution in [0.25, 0.3) is 0 Å². The number of carbonyl (C=O) groups is 1. The van der Waals surface area contributed by atoms with Crippen LogP contribution in [-0.4, -0.2) is 15.6 Å². The van der Waals surface area contributed by atoms with E-state index >= 15 is 0 Å². The number of aromatic nitrogens is 2. The molecule has 0 aromatic carbocycles. The summed E-state index contributed by atoms with van der Waals surface area (Å²) in [6, 6.07) is 2.49. The molecule has 112 valence electrons. The van der Waals surface area contributed by atoms with E-state index in [1.165, 1.54) is 25.7 Å². The Morgan fingerprint density at radius 1 is 1.29 bits per heavy atom. The Balaban J connectivity index is 1.75. The van der Waals surface area contributed by atoms with Crippen molar-refractivity contribution >= 4 is 5.78 Å². The largest absolute Gasteiger partial charge is 0.466 e. The van der Waals surface area contributed by atoms with E-state index in [1.807, 2.05) is 37.7 Å². The quantitative estimate of drug-likeness (QED) is 0.800. The molecule has 0 spiro atoms. The Kier molecular flexibility index (Phi) is 3.70. The third-order valence-corrected chi connectivity index (χ3v) is 4.54. The molecule has 2 aromatic heterocycles. The van der Waals surface area contributed by atoms with Crippen LogP contribution in [0, 0.1) is 20.8 Å². The molecule has 21 heavy (non-hydrogen) atoms. The summed E-state index contributed by atoms with van der Waals surface area (Å²) in [4.78, 5) is 12.5. The van der Waals surface area contributed by atoms with Crippen molar-refractivity contribution in [2.45, 2.75) is 58.9 Å². The average molecular weight is 286 g/mol. The Morgan fingerprint density at radius 3 is 2.62 bits per heavy atom. The normalized spacial score (nSPS) is 15.8. The fourth-order valence-electron chi connectivity index (χ4n) is 3.30. The van der Waals surface area contributed by atoms with Gasteiger partial charge in [0.2, 0.25) is 0 Å². The molecule has 1 saturated carbocycles. The molecule has 0 unspecified atom stereocenters. The highest BCUT2D eigenvalue weighted by atomic mass is 16.3. The molecule has 0 radical (unpaired) electrons.